The number of nitrogens with one attached hydrogen (secondary N) is 1. The topological polar surface area (TPSA) is 38.1 Å². The molecule has 0 fully saturated rings. The number of halogens is 1. The summed E-state index contributed by atoms with van der Waals surface area (Å²) in [6, 6.07) is 6.58. The van der Waals surface area contributed by atoms with Crippen LogP contribution >= 0.6 is 15.9 Å². The van der Waals surface area contributed by atoms with Crippen LogP contribution in [0.1, 0.15) is 25.1 Å². The Kier molecular flexibility index (Phi) is 4.19. The van der Waals surface area contributed by atoms with Gasteiger partial charge in [0, 0.05) is 22.6 Å². The zero-order valence-corrected chi connectivity index (χ0v) is 12.4. The smallest absolute Gasteiger partial charge is 0.226 e. The number of oxazole rings is 1. The summed E-state index contributed by atoms with van der Waals surface area (Å²) in [4.78, 5) is 4.48. The van der Waals surface area contributed by atoms with Crippen LogP contribution in [0.3, 0.4) is 0 Å². The van der Waals surface area contributed by atoms with E-state index in [0.717, 1.165) is 22.3 Å². The number of benzene rings is 1. The second-order valence-corrected chi connectivity index (χ2v) is 5.61. The fourth-order valence-corrected chi connectivity index (χ4v) is 2.30. The molecular weight excluding hydrogens is 292 g/mol. The van der Waals surface area contributed by atoms with Crippen LogP contribution in [0, 0.1) is 6.92 Å². The third-order valence-corrected chi connectivity index (χ3v) is 2.99. The van der Waals surface area contributed by atoms with Crippen molar-refractivity contribution in [2.24, 2.45) is 0 Å². The maximum Gasteiger partial charge on any atom is 0.226 e. The summed E-state index contributed by atoms with van der Waals surface area (Å²) in [6.45, 7) is 7.00. The average molecular weight is 309 g/mol. The first-order valence-corrected chi connectivity index (χ1v) is 6.79. The summed E-state index contributed by atoms with van der Waals surface area (Å²) in [5.74, 6) is 0.667. The van der Waals surface area contributed by atoms with Crippen LogP contribution in [-0.4, -0.2) is 11.0 Å². The molecule has 1 aromatic heterocycles. The average Bonchev–Trinajstić information content (AvgIpc) is 2.73. The third kappa shape index (κ3) is 3.43. The van der Waals surface area contributed by atoms with Gasteiger partial charge in [0.05, 0.1) is 5.69 Å². The maximum absolute atomic E-state index is 5.52. The lowest BCUT2D eigenvalue weighted by Gasteiger charge is -2.04. The molecule has 0 atom stereocenters. The van der Waals surface area contributed by atoms with Crippen LogP contribution in [0.5, 0.6) is 0 Å². The summed E-state index contributed by atoms with van der Waals surface area (Å²) in [5, 5.41) is 3.32. The van der Waals surface area contributed by atoms with Gasteiger partial charge in [0.25, 0.3) is 0 Å². The molecule has 0 aliphatic carbocycles. The first-order chi connectivity index (χ1) is 8.54. The molecule has 1 aromatic carbocycles. The van der Waals surface area contributed by atoms with Gasteiger partial charge in [-0.15, -0.1) is 0 Å². The van der Waals surface area contributed by atoms with Crippen molar-refractivity contribution in [3.05, 3.63) is 40.2 Å². The molecule has 96 valence electrons. The largest absolute Gasteiger partial charge is 0.444 e. The number of hydrogen-bond acceptors (Lipinski definition) is 3. The Morgan fingerprint density at radius 3 is 2.78 bits per heavy atom. The van der Waals surface area contributed by atoms with E-state index in [-0.39, 0.29) is 0 Å². The SMILES string of the molecule is Cc1cc(Br)cc(-c2nc(CNC(C)C)co2)c1. The van der Waals surface area contributed by atoms with Crippen molar-refractivity contribution in [3.63, 3.8) is 0 Å². The van der Waals surface area contributed by atoms with E-state index in [2.05, 4.69) is 59.1 Å². The summed E-state index contributed by atoms with van der Waals surface area (Å²) in [5.41, 5.74) is 3.11. The van der Waals surface area contributed by atoms with E-state index in [4.69, 9.17) is 4.42 Å². The van der Waals surface area contributed by atoms with Crippen molar-refractivity contribution in [3.8, 4) is 11.5 Å². The summed E-state index contributed by atoms with van der Waals surface area (Å²) in [6.07, 6.45) is 1.71. The number of rotatable bonds is 4. The monoisotopic (exact) mass is 308 g/mol. The normalized spacial score (nSPS) is 11.2. The van der Waals surface area contributed by atoms with E-state index in [9.17, 15) is 0 Å². The van der Waals surface area contributed by atoms with E-state index >= 15 is 0 Å². The Morgan fingerprint density at radius 2 is 2.11 bits per heavy atom. The predicted octanol–water partition coefficient (Wildman–Crippen LogP) is 3.91. The van der Waals surface area contributed by atoms with Gasteiger partial charge in [0.2, 0.25) is 5.89 Å². The lowest BCUT2D eigenvalue weighted by molar-refractivity contribution is 0.560. The van der Waals surface area contributed by atoms with E-state index in [1.165, 1.54) is 5.56 Å². The minimum atomic E-state index is 0.443. The third-order valence-electron chi connectivity index (χ3n) is 2.53. The molecule has 4 heteroatoms. The van der Waals surface area contributed by atoms with Crippen LogP contribution in [0.4, 0.5) is 0 Å². The standard InChI is InChI=1S/C14H17BrN2O/c1-9(2)16-7-13-8-18-14(17-13)11-4-10(3)5-12(15)6-11/h4-6,8-9,16H,7H2,1-3H3. The number of aromatic nitrogens is 1. The lowest BCUT2D eigenvalue weighted by atomic mass is 10.1. The van der Waals surface area contributed by atoms with Crippen LogP contribution < -0.4 is 5.32 Å². The minimum Gasteiger partial charge on any atom is -0.444 e. The van der Waals surface area contributed by atoms with Gasteiger partial charge in [-0.05, 0) is 30.7 Å². The molecule has 18 heavy (non-hydrogen) atoms. The molecule has 0 radical (unpaired) electrons. The fraction of sp³-hybridized carbons (Fsp3) is 0.357. The molecule has 1 N–H and O–H groups in total. The number of aryl methyl sites for hydroxylation is 1. The Morgan fingerprint density at radius 1 is 1.33 bits per heavy atom. The molecule has 0 bridgehead atoms. The molecule has 1 heterocycles. The maximum atomic E-state index is 5.52. The number of hydrogen-bond donors (Lipinski definition) is 1. The highest BCUT2D eigenvalue weighted by atomic mass is 79.9. The van der Waals surface area contributed by atoms with Gasteiger partial charge < -0.3 is 9.73 Å². The Labute approximate surface area is 116 Å². The number of nitrogens with zero attached hydrogens (tertiary/aromatic N) is 1. The van der Waals surface area contributed by atoms with Gasteiger partial charge in [-0.3, -0.25) is 0 Å². The van der Waals surface area contributed by atoms with Crippen molar-refractivity contribution in [2.45, 2.75) is 33.4 Å². The second kappa shape index (κ2) is 5.67. The molecule has 0 aliphatic heterocycles. The van der Waals surface area contributed by atoms with Crippen LogP contribution in [0.25, 0.3) is 11.5 Å². The Hall–Kier alpha value is -1.13. The molecule has 0 aliphatic rings. The van der Waals surface area contributed by atoms with Gasteiger partial charge in [-0.25, -0.2) is 4.98 Å². The van der Waals surface area contributed by atoms with Crippen molar-refractivity contribution in [1.29, 1.82) is 0 Å². The fourth-order valence-electron chi connectivity index (χ4n) is 1.69. The van der Waals surface area contributed by atoms with Gasteiger partial charge >= 0.3 is 0 Å². The molecule has 0 saturated heterocycles. The highest BCUT2D eigenvalue weighted by molar-refractivity contribution is 9.10. The van der Waals surface area contributed by atoms with Crippen molar-refractivity contribution in [1.82, 2.24) is 10.3 Å². The first kappa shape index (κ1) is 13.3. The highest BCUT2D eigenvalue weighted by Crippen LogP contribution is 2.24. The molecule has 2 rings (SSSR count). The Bertz CT molecular complexity index is 514. The molecule has 3 nitrogen and oxygen atoms in total. The van der Waals surface area contributed by atoms with Crippen molar-refractivity contribution in [2.75, 3.05) is 0 Å². The molecule has 0 amide bonds. The quantitative estimate of drug-likeness (QED) is 0.930. The molecular formula is C14H17BrN2O. The minimum absolute atomic E-state index is 0.443. The van der Waals surface area contributed by atoms with Crippen LogP contribution in [-0.2, 0) is 6.54 Å². The predicted molar refractivity (Wildman–Crippen MR) is 76.4 cm³/mol. The van der Waals surface area contributed by atoms with Crippen molar-refractivity contribution >= 4 is 15.9 Å². The first-order valence-electron chi connectivity index (χ1n) is 6.00. The second-order valence-electron chi connectivity index (χ2n) is 4.70. The van der Waals surface area contributed by atoms with E-state index in [1.54, 1.807) is 6.26 Å². The molecule has 0 spiro atoms. The van der Waals surface area contributed by atoms with Gasteiger partial charge in [0.15, 0.2) is 0 Å². The lowest BCUT2D eigenvalue weighted by Crippen LogP contribution is -2.21. The van der Waals surface area contributed by atoms with Crippen molar-refractivity contribution < 1.29 is 4.42 Å². The zero-order valence-electron chi connectivity index (χ0n) is 10.8. The summed E-state index contributed by atoms with van der Waals surface area (Å²) < 4.78 is 6.56. The molecule has 0 saturated carbocycles. The van der Waals surface area contributed by atoms with Gasteiger partial charge in [0.1, 0.15) is 6.26 Å². The molecule has 0 unspecified atom stereocenters. The molecule has 2 aromatic rings. The summed E-state index contributed by atoms with van der Waals surface area (Å²) >= 11 is 3.49. The van der Waals surface area contributed by atoms with E-state index in [0.29, 0.717) is 11.9 Å². The van der Waals surface area contributed by atoms with Crippen LogP contribution in [0.2, 0.25) is 0 Å². The van der Waals surface area contributed by atoms with E-state index in [1.807, 2.05) is 6.07 Å². The van der Waals surface area contributed by atoms with Crippen LogP contribution in [0.15, 0.2) is 33.4 Å². The Balaban J connectivity index is 2.18. The van der Waals surface area contributed by atoms with E-state index < -0.39 is 0 Å². The van der Waals surface area contributed by atoms with Gasteiger partial charge in [-0.2, -0.15) is 0 Å². The summed E-state index contributed by atoms with van der Waals surface area (Å²) in [7, 11) is 0. The zero-order chi connectivity index (χ0) is 13.1. The van der Waals surface area contributed by atoms with Gasteiger partial charge in [-0.1, -0.05) is 29.8 Å². The highest BCUT2D eigenvalue weighted by Gasteiger charge is 2.08.